The minimum Gasteiger partial charge on any atom is -0.384 e. The van der Waals surface area contributed by atoms with Crippen LogP contribution in [0.4, 0.5) is 4.39 Å². The Bertz CT molecular complexity index is 499. The van der Waals surface area contributed by atoms with E-state index in [-0.39, 0.29) is 12.4 Å². The Kier molecular flexibility index (Phi) is 5.58. The third kappa shape index (κ3) is 4.06. The second kappa shape index (κ2) is 7.42. The highest BCUT2D eigenvalue weighted by molar-refractivity contribution is 5.38. The molecule has 1 aromatic carbocycles. The van der Waals surface area contributed by atoms with E-state index in [1.807, 2.05) is 6.07 Å². The standard InChI is InChI=1S/C17H22FNO/c1-2-19(12-14-5-3-6-14)13-15-8-9-17(18)16(11-15)7-4-10-20/h8-9,11,14,20H,2-3,5-6,10,12-13H2,1H3. The Morgan fingerprint density at radius 3 is 2.80 bits per heavy atom. The van der Waals surface area contributed by atoms with E-state index in [1.54, 1.807) is 6.07 Å². The van der Waals surface area contributed by atoms with Crippen LogP contribution in [0.2, 0.25) is 0 Å². The van der Waals surface area contributed by atoms with Gasteiger partial charge in [0, 0.05) is 13.1 Å². The summed E-state index contributed by atoms with van der Waals surface area (Å²) < 4.78 is 13.6. The molecule has 2 rings (SSSR count). The van der Waals surface area contributed by atoms with Crippen molar-refractivity contribution >= 4 is 0 Å². The van der Waals surface area contributed by atoms with Gasteiger partial charge >= 0.3 is 0 Å². The number of aliphatic hydroxyl groups excluding tert-OH is 1. The van der Waals surface area contributed by atoms with E-state index in [0.29, 0.717) is 5.56 Å². The summed E-state index contributed by atoms with van der Waals surface area (Å²) >= 11 is 0. The molecule has 0 spiro atoms. The molecule has 1 aliphatic rings. The van der Waals surface area contributed by atoms with Crippen LogP contribution in [-0.2, 0) is 6.54 Å². The first-order valence-electron chi connectivity index (χ1n) is 7.33. The molecule has 2 nitrogen and oxygen atoms in total. The molecule has 0 bridgehead atoms. The molecule has 1 N–H and O–H groups in total. The Hall–Kier alpha value is -1.37. The molecule has 0 amide bonds. The summed E-state index contributed by atoms with van der Waals surface area (Å²) in [5.74, 6) is 5.68. The molecule has 0 aliphatic heterocycles. The van der Waals surface area contributed by atoms with E-state index in [9.17, 15) is 4.39 Å². The minimum absolute atomic E-state index is 0.244. The fourth-order valence-electron chi connectivity index (χ4n) is 2.51. The first-order chi connectivity index (χ1) is 9.72. The van der Waals surface area contributed by atoms with Gasteiger partial charge in [0.25, 0.3) is 0 Å². The maximum absolute atomic E-state index is 13.6. The molecular formula is C17H22FNO. The van der Waals surface area contributed by atoms with E-state index in [2.05, 4.69) is 23.7 Å². The lowest BCUT2D eigenvalue weighted by molar-refractivity contribution is 0.178. The van der Waals surface area contributed by atoms with Crippen LogP contribution in [0.15, 0.2) is 18.2 Å². The fourth-order valence-corrected chi connectivity index (χ4v) is 2.51. The molecule has 1 saturated carbocycles. The van der Waals surface area contributed by atoms with Crippen LogP contribution >= 0.6 is 0 Å². The Morgan fingerprint density at radius 2 is 2.20 bits per heavy atom. The molecule has 20 heavy (non-hydrogen) atoms. The largest absolute Gasteiger partial charge is 0.384 e. The van der Waals surface area contributed by atoms with Crippen molar-refractivity contribution in [2.24, 2.45) is 5.92 Å². The van der Waals surface area contributed by atoms with Crippen molar-refractivity contribution in [3.8, 4) is 11.8 Å². The molecule has 0 saturated heterocycles. The summed E-state index contributed by atoms with van der Waals surface area (Å²) in [6.07, 6.45) is 4.04. The van der Waals surface area contributed by atoms with Gasteiger partial charge in [-0.1, -0.05) is 31.3 Å². The molecular weight excluding hydrogens is 253 g/mol. The highest BCUT2D eigenvalue weighted by atomic mass is 19.1. The van der Waals surface area contributed by atoms with Gasteiger partial charge in [-0.15, -0.1) is 0 Å². The lowest BCUT2D eigenvalue weighted by atomic mass is 9.85. The SMILES string of the molecule is CCN(Cc1ccc(F)c(C#CCO)c1)CC1CCC1. The van der Waals surface area contributed by atoms with Gasteiger partial charge in [-0.3, -0.25) is 4.90 Å². The molecule has 0 radical (unpaired) electrons. The average Bonchev–Trinajstić information content (AvgIpc) is 2.41. The topological polar surface area (TPSA) is 23.5 Å². The van der Waals surface area contributed by atoms with Crippen LogP contribution in [0, 0.1) is 23.6 Å². The van der Waals surface area contributed by atoms with E-state index < -0.39 is 0 Å². The molecule has 3 heteroatoms. The van der Waals surface area contributed by atoms with Crippen molar-refractivity contribution in [1.29, 1.82) is 0 Å². The van der Waals surface area contributed by atoms with Crippen LogP contribution in [-0.4, -0.2) is 29.7 Å². The van der Waals surface area contributed by atoms with E-state index in [0.717, 1.165) is 31.1 Å². The second-order valence-electron chi connectivity index (χ2n) is 5.40. The predicted octanol–water partition coefficient (Wildman–Crippen LogP) is 2.79. The smallest absolute Gasteiger partial charge is 0.138 e. The highest BCUT2D eigenvalue weighted by Crippen LogP contribution is 2.27. The van der Waals surface area contributed by atoms with Gasteiger partial charge in [-0.05, 0) is 43.0 Å². The first-order valence-corrected chi connectivity index (χ1v) is 7.33. The van der Waals surface area contributed by atoms with E-state index in [1.165, 1.54) is 25.3 Å². The summed E-state index contributed by atoms with van der Waals surface area (Å²) in [5, 5.41) is 8.70. The summed E-state index contributed by atoms with van der Waals surface area (Å²) in [6, 6.07) is 5.08. The summed E-state index contributed by atoms with van der Waals surface area (Å²) in [4.78, 5) is 2.40. The van der Waals surface area contributed by atoms with Gasteiger partial charge in [-0.25, -0.2) is 4.39 Å². The minimum atomic E-state index is -0.322. The lowest BCUT2D eigenvalue weighted by Gasteiger charge is -2.31. The third-order valence-corrected chi connectivity index (χ3v) is 3.93. The Labute approximate surface area is 120 Å². The number of rotatable bonds is 5. The molecule has 0 heterocycles. The number of hydrogen-bond donors (Lipinski definition) is 1. The van der Waals surface area contributed by atoms with Crippen LogP contribution < -0.4 is 0 Å². The lowest BCUT2D eigenvalue weighted by Crippen LogP contribution is -2.32. The normalized spacial score (nSPS) is 14.8. The Balaban J connectivity index is 2.03. The van der Waals surface area contributed by atoms with Crippen LogP contribution in [0.5, 0.6) is 0 Å². The number of halogens is 1. The molecule has 1 fully saturated rings. The van der Waals surface area contributed by atoms with Crippen molar-refractivity contribution in [2.75, 3.05) is 19.7 Å². The quantitative estimate of drug-likeness (QED) is 0.835. The molecule has 0 atom stereocenters. The monoisotopic (exact) mass is 275 g/mol. The zero-order chi connectivity index (χ0) is 14.4. The average molecular weight is 275 g/mol. The summed E-state index contributed by atoms with van der Waals surface area (Å²) in [5.41, 5.74) is 1.45. The van der Waals surface area contributed by atoms with E-state index >= 15 is 0 Å². The third-order valence-electron chi connectivity index (χ3n) is 3.93. The molecule has 0 aromatic heterocycles. The van der Waals surface area contributed by atoms with E-state index in [4.69, 9.17) is 5.11 Å². The van der Waals surface area contributed by atoms with Gasteiger partial charge in [-0.2, -0.15) is 0 Å². The summed E-state index contributed by atoms with van der Waals surface area (Å²) in [6.45, 7) is 4.89. The second-order valence-corrected chi connectivity index (χ2v) is 5.40. The number of hydrogen-bond acceptors (Lipinski definition) is 2. The predicted molar refractivity (Wildman–Crippen MR) is 78.7 cm³/mol. The van der Waals surface area contributed by atoms with Crippen LogP contribution in [0.25, 0.3) is 0 Å². The van der Waals surface area contributed by atoms with Crippen LogP contribution in [0.3, 0.4) is 0 Å². The van der Waals surface area contributed by atoms with Gasteiger partial charge in [0.2, 0.25) is 0 Å². The zero-order valence-electron chi connectivity index (χ0n) is 12.0. The van der Waals surface area contributed by atoms with Crippen molar-refractivity contribution in [1.82, 2.24) is 4.90 Å². The number of nitrogens with zero attached hydrogens (tertiary/aromatic N) is 1. The zero-order valence-corrected chi connectivity index (χ0v) is 12.0. The summed E-state index contributed by atoms with van der Waals surface area (Å²) in [7, 11) is 0. The van der Waals surface area contributed by atoms with Crippen molar-refractivity contribution < 1.29 is 9.50 Å². The molecule has 1 aliphatic carbocycles. The van der Waals surface area contributed by atoms with Crippen molar-refractivity contribution in [2.45, 2.75) is 32.7 Å². The van der Waals surface area contributed by atoms with Gasteiger partial charge in [0.1, 0.15) is 12.4 Å². The highest BCUT2D eigenvalue weighted by Gasteiger charge is 2.20. The first kappa shape index (κ1) is 15.0. The van der Waals surface area contributed by atoms with Crippen molar-refractivity contribution in [3.63, 3.8) is 0 Å². The molecule has 0 unspecified atom stereocenters. The van der Waals surface area contributed by atoms with Gasteiger partial charge in [0.15, 0.2) is 0 Å². The van der Waals surface area contributed by atoms with Crippen molar-refractivity contribution in [3.05, 3.63) is 35.1 Å². The van der Waals surface area contributed by atoms with Gasteiger partial charge < -0.3 is 5.11 Å². The fraction of sp³-hybridized carbons (Fsp3) is 0.529. The maximum Gasteiger partial charge on any atom is 0.138 e. The Morgan fingerprint density at radius 1 is 1.40 bits per heavy atom. The van der Waals surface area contributed by atoms with Gasteiger partial charge in [0.05, 0.1) is 5.56 Å². The molecule has 108 valence electrons. The number of benzene rings is 1. The molecule has 1 aromatic rings. The number of aliphatic hydroxyl groups is 1. The van der Waals surface area contributed by atoms with Crippen LogP contribution in [0.1, 0.15) is 37.3 Å². The maximum atomic E-state index is 13.6.